The number of methoxy groups -OCH3 is 1. The van der Waals surface area contributed by atoms with Crippen LogP contribution >= 0.6 is 0 Å². The van der Waals surface area contributed by atoms with Crippen LogP contribution in [0.5, 0.6) is 11.5 Å². The highest BCUT2D eigenvalue weighted by molar-refractivity contribution is 7.93. The lowest BCUT2D eigenvalue weighted by atomic mass is 10.2. The van der Waals surface area contributed by atoms with E-state index in [4.69, 9.17) is 9.47 Å². The second-order valence-corrected chi connectivity index (χ2v) is 8.24. The van der Waals surface area contributed by atoms with Crippen molar-refractivity contribution in [2.24, 2.45) is 0 Å². The molecule has 0 aromatic heterocycles. The first-order chi connectivity index (χ1) is 15.0. The molecular formula is C24H23NO5S. The summed E-state index contributed by atoms with van der Waals surface area (Å²) in [6, 6.07) is 21.3. The van der Waals surface area contributed by atoms with Gasteiger partial charge in [-0.2, -0.15) is 4.31 Å². The van der Waals surface area contributed by atoms with Crippen LogP contribution in [0.25, 0.3) is 6.08 Å². The minimum absolute atomic E-state index is 0.0219. The Labute approximate surface area is 182 Å². The monoisotopic (exact) mass is 437 g/mol. The van der Waals surface area contributed by atoms with Gasteiger partial charge in [-0.3, -0.25) is 4.79 Å². The Balaban J connectivity index is 1.96. The maximum Gasteiger partial charge on any atom is 0.271 e. The predicted molar refractivity (Wildman–Crippen MR) is 121 cm³/mol. The molecule has 1 amide bonds. The van der Waals surface area contributed by atoms with Crippen LogP contribution in [-0.4, -0.2) is 28.0 Å². The Morgan fingerprint density at radius 1 is 0.903 bits per heavy atom. The van der Waals surface area contributed by atoms with E-state index in [1.807, 2.05) is 6.92 Å². The Hall–Kier alpha value is -3.58. The van der Waals surface area contributed by atoms with Crippen LogP contribution in [-0.2, 0) is 14.8 Å². The summed E-state index contributed by atoms with van der Waals surface area (Å²) in [5.74, 6) is 0.582. The summed E-state index contributed by atoms with van der Waals surface area (Å²) in [4.78, 5) is 13.1. The van der Waals surface area contributed by atoms with Crippen molar-refractivity contribution in [3.8, 4) is 11.5 Å². The summed E-state index contributed by atoms with van der Waals surface area (Å²) in [5.41, 5.74) is 0.953. The van der Waals surface area contributed by atoms with Gasteiger partial charge in [0.05, 0.1) is 24.3 Å². The average Bonchev–Trinajstić information content (AvgIpc) is 2.80. The first-order valence-corrected chi connectivity index (χ1v) is 11.1. The highest BCUT2D eigenvalue weighted by Gasteiger charge is 2.29. The van der Waals surface area contributed by atoms with Gasteiger partial charge in [-0.15, -0.1) is 0 Å². The van der Waals surface area contributed by atoms with E-state index in [0.29, 0.717) is 12.4 Å². The van der Waals surface area contributed by atoms with Gasteiger partial charge in [0.2, 0.25) is 0 Å². The van der Waals surface area contributed by atoms with E-state index in [9.17, 15) is 13.2 Å². The molecule has 3 rings (SSSR count). The van der Waals surface area contributed by atoms with Crippen molar-refractivity contribution in [2.45, 2.75) is 11.8 Å². The van der Waals surface area contributed by atoms with Gasteiger partial charge in [-0.05, 0) is 67.1 Å². The molecule has 0 atom stereocenters. The second-order valence-electron chi connectivity index (χ2n) is 6.45. The zero-order valence-corrected chi connectivity index (χ0v) is 18.1. The average molecular weight is 438 g/mol. The number of carbonyl (C=O) groups excluding carboxylic acids is 1. The van der Waals surface area contributed by atoms with Gasteiger partial charge in [-0.25, -0.2) is 8.42 Å². The van der Waals surface area contributed by atoms with E-state index >= 15 is 0 Å². The van der Waals surface area contributed by atoms with Gasteiger partial charge in [0.25, 0.3) is 15.9 Å². The fourth-order valence-corrected chi connectivity index (χ4v) is 4.29. The molecule has 0 saturated heterocycles. The summed E-state index contributed by atoms with van der Waals surface area (Å²) in [5, 5.41) is 0. The molecule has 0 unspecified atom stereocenters. The standard InChI is InChI=1S/C24H23NO5S/c1-3-30-22-14-9-19(10-15-22)11-18-24(26)25(20-12-16-21(29-2)17-13-20)31(27,28)23-7-5-4-6-8-23/h4-18H,3H2,1-2H3/b18-11+. The van der Waals surface area contributed by atoms with Crippen LogP contribution in [0.1, 0.15) is 12.5 Å². The SMILES string of the molecule is CCOc1ccc(/C=C/C(=O)N(c2ccc(OC)cc2)S(=O)(=O)c2ccccc2)cc1. The van der Waals surface area contributed by atoms with Crippen molar-refractivity contribution in [1.82, 2.24) is 0 Å². The molecule has 31 heavy (non-hydrogen) atoms. The van der Waals surface area contributed by atoms with Crippen molar-refractivity contribution in [3.63, 3.8) is 0 Å². The molecule has 0 aliphatic heterocycles. The van der Waals surface area contributed by atoms with Gasteiger partial charge in [0, 0.05) is 6.08 Å². The van der Waals surface area contributed by atoms with Gasteiger partial charge in [-0.1, -0.05) is 30.3 Å². The topological polar surface area (TPSA) is 72.9 Å². The van der Waals surface area contributed by atoms with E-state index < -0.39 is 15.9 Å². The maximum atomic E-state index is 13.3. The Morgan fingerprint density at radius 2 is 1.52 bits per heavy atom. The molecule has 0 aliphatic rings. The third-order valence-electron chi connectivity index (χ3n) is 4.40. The van der Waals surface area contributed by atoms with E-state index in [2.05, 4.69) is 0 Å². The van der Waals surface area contributed by atoms with E-state index in [-0.39, 0.29) is 10.6 Å². The number of hydrogen-bond acceptors (Lipinski definition) is 5. The number of carbonyl (C=O) groups is 1. The summed E-state index contributed by atoms with van der Waals surface area (Å²) < 4.78 is 37.9. The fraction of sp³-hybridized carbons (Fsp3) is 0.125. The molecule has 7 heteroatoms. The summed E-state index contributed by atoms with van der Waals surface area (Å²) in [6.07, 6.45) is 2.80. The second kappa shape index (κ2) is 9.95. The molecule has 0 aliphatic carbocycles. The number of amides is 1. The van der Waals surface area contributed by atoms with Crippen molar-refractivity contribution < 1.29 is 22.7 Å². The van der Waals surface area contributed by atoms with Crippen LogP contribution in [0.2, 0.25) is 0 Å². The lowest BCUT2D eigenvalue weighted by Gasteiger charge is -2.21. The number of ether oxygens (including phenoxy) is 2. The van der Waals surface area contributed by atoms with Gasteiger partial charge < -0.3 is 9.47 Å². The lowest BCUT2D eigenvalue weighted by Crippen LogP contribution is -2.35. The molecule has 0 spiro atoms. The highest BCUT2D eigenvalue weighted by atomic mass is 32.2. The number of anilines is 1. The lowest BCUT2D eigenvalue weighted by molar-refractivity contribution is -0.113. The molecule has 3 aromatic rings. The van der Waals surface area contributed by atoms with Crippen LogP contribution < -0.4 is 13.8 Å². The van der Waals surface area contributed by atoms with Crippen LogP contribution in [0.3, 0.4) is 0 Å². The van der Waals surface area contributed by atoms with Crippen LogP contribution in [0.15, 0.2) is 89.8 Å². The zero-order valence-electron chi connectivity index (χ0n) is 17.3. The Bertz CT molecular complexity index is 1140. The molecule has 3 aromatic carbocycles. The smallest absolute Gasteiger partial charge is 0.271 e. The van der Waals surface area contributed by atoms with Crippen molar-refractivity contribution in [1.29, 1.82) is 0 Å². The van der Waals surface area contributed by atoms with E-state index in [1.165, 1.54) is 37.5 Å². The molecule has 0 N–H and O–H groups in total. The molecule has 6 nitrogen and oxygen atoms in total. The first-order valence-electron chi connectivity index (χ1n) is 9.65. The Kier molecular flexibility index (Phi) is 7.10. The van der Waals surface area contributed by atoms with Crippen molar-refractivity contribution >= 4 is 27.7 Å². The van der Waals surface area contributed by atoms with Crippen molar-refractivity contribution in [3.05, 3.63) is 90.5 Å². The minimum Gasteiger partial charge on any atom is -0.497 e. The molecule has 0 radical (unpaired) electrons. The Morgan fingerprint density at radius 3 is 2.10 bits per heavy atom. The fourth-order valence-electron chi connectivity index (χ4n) is 2.88. The molecule has 0 fully saturated rings. The van der Waals surface area contributed by atoms with Gasteiger partial charge >= 0.3 is 0 Å². The van der Waals surface area contributed by atoms with E-state index in [1.54, 1.807) is 60.7 Å². The normalized spacial score (nSPS) is 11.3. The molecule has 0 saturated carbocycles. The number of hydrogen-bond donors (Lipinski definition) is 0. The number of rotatable bonds is 8. The summed E-state index contributed by atoms with van der Waals surface area (Å²) in [6.45, 7) is 2.45. The number of benzene rings is 3. The molecule has 0 heterocycles. The number of sulfonamides is 1. The molecular weight excluding hydrogens is 414 g/mol. The quantitative estimate of drug-likeness (QED) is 0.484. The molecule has 160 valence electrons. The van der Waals surface area contributed by atoms with Crippen molar-refractivity contribution in [2.75, 3.05) is 18.0 Å². The van der Waals surface area contributed by atoms with E-state index in [0.717, 1.165) is 15.6 Å². The van der Waals surface area contributed by atoms with Crippen LogP contribution in [0.4, 0.5) is 5.69 Å². The van der Waals surface area contributed by atoms with Crippen LogP contribution in [0, 0.1) is 0 Å². The summed E-state index contributed by atoms with van der Waals surface area (Å²) >= 11 is 0. The highest BCUT2D eigenvalue weighted by Crippen LogP contribution is 2.26. The van der Waals surface area contributed by atoms with Gasteiger partial charge in [0.1, 0.15) is 11.5 Å². The predicted octanol–water partition coefficient (Wildman–Crippen LogP) is 4.53. The van der Waals surface area contributed by atoms with Gasteiger partial charge in [0.15, 0.2) is 0 Å². The zero-order chi connectivity index (χ0) is 22.3. The number of nitrogens with zero attached hydrogens (tertiary/aromatic N) is 1. The molecule has 0 bridgehead atoms. The maximum absolute atomic E-state index is 13.3. The first kappa shape index (κ1) is 22.1. The largest absolute Gasteiger partial charge is 0.497 e. The third kappa shape index (κ3) is 5.32. The minimum atomic E-state index is -4.12. The third-order valence-corrected chi connectivity index (χ3v) is 6.14. The summed E-state index contributed by atoms with van der Waals surface area (Å²) in [7, 11) is -2.61.